The molecule has 3 heterocycles. The van der Waals surface area contributed by atoms with E-state index in [1.54, 1.807) is 15.7 Å². The van der Waals surface area contributed by atoms with E-state index in [2.05, 4.69) is 43.8 Å². The topological polar surface area (TPSA) is 87.3 Å². The third kappa shape index (κ3) is 8.40. The Labute approximate surface area is 236 Å². The molecule has 0 spiro atoms. The first-order chi connectivity index (χ1) is 17.6. The van der Waals surface area contributed by atoms with Crippen LogP contribution in [0, 0.1) is 6.92 Å². The molecule has 1 unspecified atom stereocenters. The van der Waals surface area contributed by atoms with Gasteiger partial charge in [-0.3, -0.25) is 4.98 Å². The monoisotopic (exact) mass is 644 g/mol. The predicted molar refractivity (Wildman–Crippen MR) is 164 cm³/mol. The zero-order valence-corrected chi connectivity index (χ0v) is 27.0. The molecule has 0 aromatic carbocycles. The Bertz CT molecular complexity index is 1170. The van der Waals surface area contributed by atoms with Crippen LogP contribution in [0.5, 0.6) is 5.88 Å². The van der Waals surface area contributed by atoms with Crippen LogP contribution in [0.2, 0.25) is 0 Å². The fraction of sp³-hybridized carbons (Fsp3) is 0.538. The molecule has 3 rings (SSSR count). The van der Waals surface area contributed by atoms with Crippen molar-refractivity contribution in [3.05, 3.63) is 30.2 Å². The standard InChI is InChI=1S/C22H30IN6O3P.2C2H6/c1-8-16-15-12-17(24-13-18(15)29(26-16)33-23)19-14(3)25-27(7)20(19)31-11-10-28(9-2)21(30)32-22(4,5)6;2*1-2/h8,12-13,33H,1,9-11H2,2-7H3;2*1-2H3. The molecule has 1 amide bonds. The molecule has 0 aliphatic heterocycles. The maximum atomic E-state index is 12.4. The van der Waals surface area contributed by atoms with Crippen molar-refractivity contribution in [3.63, 3.8) is 0 Å². The van der Waals surface area contributed by atoms with Crippen molar-refractivity contribution in [2.75, 3.05) is 19.7 Å². The van der Waals surface area contributed by atoms with Gasteiger partial charge in [0.1, 0.15) is 12.2 Å². The molecule has 9 nitrogen and oxygen atoms in total. The van der Waals surface area contributed by atoms with Crippen molar-refractivity contribution in [3.8, 4) is 17.1 Å². The number of pyridine rings is 1. The van der Waals surface area contributed by atoms with Gasteiger partial charge in [0.2, 0.25) is 5.88 Å². The number of likely N-dealkylation sites (N-methyl/N-ethyl adjacent to an activating group) is 1. The highest BCUT2D eigenvalue weighted by molar-refractivity contribution is 14.2. The molecule has 3 aromatic rings. The number of rotatable bonds is 8. The number of hydrogen-bond acceptors (Lipinski definition) is 6. The third-order valence-electron chi connectivity index (χ3n) is 4.93. The minimum absolute atomic E-state index is 0.299. The summed E-state index contributed by atoms with van der Waals surface area (Å²) in [5, 5.41) is 10.1. The summed E-state index contributed by atoms with van der Waals surface area (Å²) >= 11 is 2.30. The van der Waals surface area contributed by atoms with Crippen LogP contribution >= 0.6 is 28.4 Å². The van der Waals surface area contributed by atoms with Crippen LogP contribution < -0.4 is 4.74 Å². The molecule has 0 bridgehead atoms. The molecule has 0 radical (unpaired) electrons. The highest BCUT2D eigenvalue weighted by Gasteiger charge is 2.23. The molecule has 0 saturated carbocycles. The van der Waals surface area contributed by atoms with Gasteiger partial charge in [-0.15, -0.1) is 0 Å². The lowest BCUT2D eigenvalue weighted by atomic mass is 10.1. The molecule has 1 atom stereocenters. The van der Waals surface area contributed by atoms with Crippen molar-refractivity contribution >= 4 is 51.5 Å². The van der Waals surface area contributed by atoms with Crippen molar-refractivity contribution < 1.29 is 14.3 Å². The first-order valence-electron chi connectivity index (χ1n) is 12.6. The Kier molecular flexibility index (Phi) is 13.5. The number of carbonyl (C=O) groups excluding carboxylic acids is 1. The van der Waals surface area contributed by atoms with Gasteiger partial charge in [0, 0.05) is 19.0 Å². The molecule has 206 valence electrons. The summed E-state index contributed by atoms with van der Waals surface area (Å²) in [5.74, 6) is 0.600. The van der Waals surface area contributed by atoms with Crippen molar-refractivity contribution in [2.24, 2.45) is 7.05 Å². The largest absolute Gasteiger partial charge is 0.475 e. The Morgan fingerprint density at radius 3 is 2.43 bits per heavy atom. The van der Waals surface area contributed by atoms with E-state index in [-0.39, 0.29) is 6.09 Å². The quantitative estimate of drug-likeness (QED) is 0.190. The molecule has 0 saturated heterocycles. The lowest BCUT2D eigenvalue weighted by Crippen LogP contribution is -2.39. The van der Waals surface area contributed by atoms with Gasteiger partial charge in [0.25, 0.3) is 0 Å². The minimum Gasteiger partial charge on any atom is -0.475 e. The Morgan fingerprint density at radius 2 is 1.89 bits per heavy atom. The Balaban J connectivity index is 0.00000163. The van der Waals surface area contributed by atoms with Gasteiger partial charge in [-0.25, -0.2) is 13.9 Å². The molecule has 11 heteroatoms. The second kappa shape index (κ2) is 15.3. The normalized spacial score (nSPS) is 11.0. The smallest absolute Gasteiger partial charge is 0.410 e. The lowest BCUT2D eigenvalue weighted by Gasteiger charge is -2.26. The Morgan fingerprint density at radius 1 is 1.24 bits per heavy atom. The van der Waals surface area contributed by atoms with E-state index in [0.717, 1.165) is 33.5 Å². The van der Waals surface area contributed by atoms with Crippen LogP contribution in [0.25, 0.3) is 28.2 Å². The molecule has 0 fully saturated rings. The summed E-state index contributed by atoms with van der Waals surface area (Å²) in [6.07, 6.45) is 3.69. The maximum Gasteiger partial charge on any atom is 0.410 e. The number of halogens is 1. The van der Waals surface area contributed by atoms with E-state index in [9.17, 15) is 4.79 Å². The van der Waals surface area contributed by atoms with Gasteiger partial charge in [-0.2, -0.15) is 10.2 Å². The van der Waals surface area contributed by atoms with Gasteiger partial charge < -0.3 is 14.4 Å². The molecule has 37 heavy (non-hydrogen) atoms. The lowest BCUT2D eigenvalue weighted by molar-refractivity contribution is 0.0235. The van der Waals surface area contributed by atoms with Gasteiger partial charge in [-0.05, 0) is 68.8 Å². The number of nitrogens with zero attached hydrogens (tertiary/aromatic N) is 6. The summed E-state index contributed by atoms with van der Waals surface area (Å²) in [4.78, 5) is 18.7. The number of ether oxygens (including phenoxy) is 2. The zero-order chi connectivity index (χ0) is 28.3. The average Bonchev–Trinajstić information content (AvgIpc) is 3.38. The molecule has 0 N–H and O–H groups in total. The highest BCUT2D eigenvalue weighted by Crippen LogP contribution is 2.36. The second-order valence-corrected chi connectivity index (χ2v) is 10.5. The summed E-state index contributed by atoms with van der Waals surface area (Å²) < 4.78 is 15.2. The van der Waals surface area contributed by atoms with Gasteiger partial charge in [0.05, 0.1) is 47.3 Å². The van der Waals surface area contributed by atoms with Crippen molar-refractivity contribution in [2.45, 2.75) is 67.9 Å². The zero-order valence-electron chi connectivity index (χ0n) is 23.8. The number of carbonyl (C=O) groups is 1. The van der Waals surface area contributed by atoms with Crippen LogP contribution in [0.1, 0.15) is 66.8 Å². The molecule has 3 aromatic heterocycles. The first-order valence-corrected chi connectivity index (χ1v) is 16.7. The average molecular weight is 645 g/mol. The first kappa shape index (κ1) is 32.8. The fourth-order valence-electron chi connectivity index (χ4n) is 3.44. The minimum atomic E-state index is -0.544. The van der Waals surface area contributed by atoms with Gasteiger partial charge >= 0.3 is 6.09 Å². The summed E-state index contributed by atoms with van der Waals surface area (Å²) in [6, 6.07) is 2.00. The summed E-state index contributed by atoms with van der Waals surface area (Å²) in [6.45, 7) is 22.5. The van der Waals surface area contributed by atoms with E-state index in [4.69, 9.17) is 9.47 Å². The summed E-state index contributed by atoms with van der Waals surface area (Å²) in [7, 11) is 1.83. The van der Waals surface area contributed by atoms with E-state index in [1.807, 2.05) is 86.1 Å². The van der Waals surface area contributed by atoms with E-state index < -0.39 is 5.60 Å². The Hall–Kier alpha value is -2.20. The third-order valence-corrected chi connectivity index (χ3v) is 6.80. The van der Waals surface area contributed by atoms with Crippen LogP contribution in [0.15, 0.2) is 18.8 Å². The van der Waals surface area contributed by atoms with E-state index in [1.165, 1.54) is 0 Å². The highest BCUT2D eigenvalue weighted by atomic mass is 127. The van der Waals surface area contributed by atoms with Crippen LogP contribution in [0.3, 0.4) is 0 Å². The summed E-state index contributed by atoms with van der Waals surface area (Å²) in [5.41, 5.74) is 3.61. The number of fused-ring (bicyclic) bond motifs is 1. The molecule has 0 aliphatic rings. The van der Waals surface area contributed by atoms with Gasteiger partial charge in [-0.1, -0.05) is 34.3 Å². The second-order valence-electron chi connectivity index (χ2n) is 8.47. The van der Waals surface area contributed by atoms with Gasteiger partial charge in [0.15, 0.2) is 0 Å². The number of amides is 1. The van der Waals surface area contributed by atoms with E-state index >= 15 is 0 Å². The van der Waals surface area contributed by atoms with Crippen molar-refractivity contribution in [1.29, 1.82) is 0 Å². The maximum absolute atomic E-state index is 12.4. The molecule has 0 aliphatic carbocycles. The van der Waals surface area contributed by atoms with Crippen LogP contribution in [0.4, 0.5) is 4.79 Å². The van der Waals surface area contributed by atoms with E-state index in [0.29, 0.717) is 32.0 Å². The van der Waals surface area contributed by atoms with Crippen LogP contribution in [-0.2, 0) is 11.8 Å². The predicted octanol–water partition coefficient (Wildman–Crippen LogP) is 7.26. The molecular formula is C26H42IN6O3P. The fourth-order valence-corrected chi connectivity index (χ4v) is 4.96. The number of aromatic nitrogens is 5. The van der Waals surface area contributed by atoms with Crippen molar-refractivity contribution in [1.82, 2.24) is 29.2 Å². The number of hydrogen-bond donors (Lipinski definition) is 0. The molecular weight excluding hydrogens is 602 g/mol. The van der Waals surface area contributed by atoms with Crippen LogP contribution in [-0.4, -0.2) is 60.6 Å². The number of aryl methyl sites for hydroxylation is 2. The SMILES string of the molecule is C=Cc1nn(PI)c2cnc(-c3c(C)nn(C)c3OCCN(CC)C(=O)OC(C)(C)C)cc12.CC.CC.